The van der Waals surface area contributed by atoms with Crippen LogP contribution >= 0.6 is 0 Å². The van der Waals surface area contributed by atoms with Crippen molar-refractivity contribution in [3.8, 4) is 39.1 Å². The van der Waals surface area contributed by atoms with Gasteiger partial charge in [-0.1, -0.05) is 176 Å². The van der Waals surface area contributed by atoms with Gasteiger partial charge in [0.05, 0.1) is 16.7 Å². The van der Waals surface area contributed by atoms with Gasteiger partial charge in [-0.15, -0.1) is 0 Å². The van der Waals surface area contributed by atoms with Crippen molar-refractivity contribution in [2.45, 2.75) is 12.8 Å². The van der Waals surface area contributed by atoms with Crippen LogP contribution in [-0.2, 0) is 12.8 Å². The lowest BCUT2D eigenvalue weighted by atomic mass is 9.83. The Morgan fingerprint density at radius 3 is 1.52 bits per heavy atom. The van der Waals surface area contributed by atoms with E-state index in [-0.39, 0.29) is 0 Å². The first kappa shape index (κ1) is 36.0. The lowest BCUT2D eigenvalue weighted by Crippen LogP contribution is -2.10. The Morgan fingerprint density at radius 1 is 0.306 bits per heavy atom. The summed E-state index contributed by atoms with van der Waals surface area (Å²) in [6.07, 6.45) is 1.72. The molecule has 0 bridgehead atoms. The normalized spacial score (nSPS) is 12.1. The van der Waals surface area contributed by atoms with Crippen molar-refractivity contribution in [3.05, 3.63) is 253 Å². The standard InChI is InChI=1S/C60H42N2/c1-3-20-46(21-4-1)61(48-32-35-60-57(40-48)56-29-15-16-30-58(56)62(60)47-22-5-2-6-23-47)59-36-34-52(54-27-13-14-28-55(54)59)44-31-33-53-45(39-44)38-43-19-9-11-25-50(43)49-24-10-7-17-41(49)37-42-18-8-12-26-51(42)53/h1-36,39-40H,37-38H2. The van der Waals surface area contributed by atoms with Gasteiger partial charge in [-0.2, -0.15) is 0 Å². The Balaban J connectivity index is 1.03. The molecule has 0 unspecified atom stereocenters. The topological polar surface area (TPSA) is 8.17 Å². The van der Waals surface area contributed by atoms with Gasteiger partial charge in [0.1, 0.15) is 0 Å². The van der Waals surface area contributed by atoms with E-state index in [9.17, 15) is 0 Å². The molecule has 1 heterocycles. The highest BCUT2D eigenvalue weighted by atomic mass is 15.1. The third kappa shape index (κ3) is 6.03. The molecule has 62 heavy (non-hydrogen) atoms. The summed E-state index contributed by atoms with van der Waals surface area (Å²) < 4.78 is 2.38. The number of hydrogen-bond acceptors (Lipinski definition) is 1. The van der Waals surface area contributed by atoms with Crippen LogP contribution in [0.4, 0.5) is 17.1 Å². The van der Waals surface area contributed by atoms with Crippen molar-refractivity contribution < 1.29 is 0 Å². The first-order chi connectivity index (χ1) is 30.8. The molecule has 1 aliphatic carbocycles. The van der Waals surface area contributed by atoms with Crippen molar-refractivity contribution in [1.82, 2.24) is 4.57 Å². The van der Waals surface area contributed by atoms with Gasteiger partial charge in [0, 0.05) is 33.2 Å². The van der Waals surface area contributed by atoms with Crippen LogP contribution in [0.2, 0.25) is 0 Å². The fraction of sp³-hybridized carbons (Fsp3) is 0.0333. The molecule has 0 N–H and O–H groups in total. The van der Waals surface area contributed by atoms with E-state index in [1.807, 2.05) is 0 Å². The number of para-hydroxylation sites is 3. The monoisotopic (exact) mass is 790 g/mol. The zero-order valence-corrected chi connectivity index (χ0v) is 34.2. The summed E-state index contributed by atoms with van der Waals surface area (Å²) in [6, 6.07) is 84.9. The van der Waals surface area contributed by atoms with Crippen LogP contribution in [0, 0.1) is 0 Å². The summed E-state index contributed by atoms with van der Waals surface area (Å²) in [5, 5.41) is 4.89. The van der Waals surface area contributed by atoms with Crippen molar-refractivity contribution in [1.29, 1.82) is 0 Å². The lowest BCUT2D eigenvalue weighted by Gasteiger charge is -2.28. The van der Waals surface area contributed by atoms with Crippen LogP contribution in [0.15, 0.2) is 231 Å². The minimum atomic E-state index is 0.836. The smallest absolute Gasteiger partial charge is 0.0542 e. The second-order valence-corrected chi connectivity index (χ2v) is 16.4. The first-order valence-electron chi connectivity index (χ1n) is 21.6. The van der Waals surface area contributed by atoms with E-state index in [4.69, 9.17) is 0 Å². The van der Waals surface area contributed by atoms with Gasteiger partial charge in [-0.05, 0) is 128 Å². The molecule has 0 spiro atoms. The number of anilines is 3. The van der Waals surface area contributed by atoms with Gasteiger partial charge < -0.3 is 9.47 Å². The molecule has 0 saturated heterocycles. The molecule has 10 aromatic carbocycles. The van der Waals surface area contributed by atoms with Crippen LogP contribution in [0.3, 0.4) is 0 Å². The van der Waals surface area contributed by atoms with E-state index in [1.54, 1.807) is 0 Å². The van der Waals surface area contributed by atoms with Crippen molar-refractivity contribution in [2.75, 3.05) is 4.90 Å². The minimum absolute atomic E-state index is 0.836. The molecule has 2 heteroatoms. The molecule has 1 aromatic heterocycles. The molecule has 0 fully saturated rings. The van der Waals surface area contributed by atoms with Gasteiger partial charge in [-0.25, -0.2) is 0 Å². The number of fused-ring (bicyclic) bond motifs is 10. The van der Waals surface area contributed by atoms with Gasteiger partial charge in [0.15, 0.2) is 0 Å². The summed E-state index contributed by atoms with van der Waals surface area (Å²) in [7, 11) is 0. The predicted octanol–water partition coefficient (Wildman–Crippen LogP) is 15.9. The summed E-state index contributed by atoms with van der Waals surface area (Å²) in [5.41, 5.74) is 20.0. The minimum Gasteiger partial charge on any atom is -0.310 e. The summed E-state index contributed by atoms with van der Waals surface area (Å²) in [6.45, 7) is 0. The average Bonchev–Trinajstić information content (AvgIpc) is 3.67. The molecule has 0 amide bonds. The molecular weight excluding hydrogens is 749 g/mol. The summed E-state index contributed by atoms with van der Waals surface area (Å²) in [5.74, 6) is 0. The van der Waals surface area contributed by atoms with Gasteiger partial charge in [0.2, 0.25) is 0 Å². The van der Waals surface area contributed by atoms with E-state index in [0.29, 0.717) is 0 Å². The largest absolute Gasteiger partial charge is 0.310 e. The summed E-state index contributed by atoms with van der Waals surface area (Å²) >= 11 is 0. The third-order valence-electron chi connectivity index (χ3n) is 12.9. The summed E-state index contributed by atoms with van der Waals surface area (Å²) in [4.78, 5) is 2.43. The van der Waals surface area contributed by atoms with Gasteiger partial charge >= 0.3 is 0 Å². The maximum Gasteiger partial charge on any atom is 0.0542 e. The van der Waals surface area contributed by atoms with Gasteiger partial charge in [0.25, 0.3) is 0 Å². The van der Waals surface area contributed by atoms with Crippen LogP contribution in [0.5, 0.6) is 0 Å². The Bertz CT molecular complexity index is 3470. The number of hydrogen-bond donors (Lipinski definition) is 0. The molecule has 0 aliphatic heterocycles. The Kier molecular flexibility index (Phi) is 8.67. The molecule has 2 nitrogen and oxygen atoms in total. The molecule has 0 atom stereocenters. The SMILES string of the molecule is c1ccc(N(c2ccc3c(c2)c2ccccc2n3-c2ccccc2)c2ccc(-c3ccc4c(c3)Cc3ccccc3-c3ccccc3Cc3ccccc3-4)c3ccccc23)cc1. The fourth-order valence-electron chi connectivity index (χ4n) is 10.1. The number of nitrogens with zero attached hydrogens (tertiary/aromatic N) is 2. The predicted molar refractivity (Wildman–Crippen MR) is 261 cm³/mol. The number of aromatic nitrogens is 1. The van der Waals surface area contributed by atoms with E-state index in [0.717, 1.165) is 35.6 Å². The molecule has 0 radical (unpaired) electrons. The molecule has 11 aromatic rings. The third-order valence-corrected chi connectivity index (χ3v) is 12.9. The van der Waals surface area contributed by atoms with Crippen molar-refractivity contribution in [3.63, 3.8) is 0 Å². The highest BCUT2D eigenvalue weighted by Crippen LogP contribution is 2.45. The maximum atomic E-state index is 2.46. The van der Waals surface area contributed by atoms with E-state index in [2.05, 4.69) is 240 Å². The highest BCUT2D eigenvalue weighted by Gasteiger charge is 2.22. The van der Waals surface area contributed by atoms with Crippen molar-refractivity contribution in [2.24, 2.45) is 0 Å². The second kappa shape index (κ2) is 15.0. The van der Waals surface area contributed by atoms with Gasteiger partial charge in [-0.3, -0.25) is 0 Å². The van der Waals surface area contributed by atoms with Crippen LogP contribution < -0.4 is 4.90 Å². The molecule has 292 valence electrons. The quantitative estimate of drug-likeness (QED) is 0.169. The molecule has 12 rings (SSSR count). The van der Waals surface area contributed by atoms with Crippen LogP contribution in [0.1, 0.15) is 22.3 Å². The van der Waals surface area contributed by atoms with E-state index in [1.165, 1.54) is 88.2 Å². The second-order valence-electron chi connectivity index (χ2n) is 16.4. The Labute approximate surface area is 362 Å². The Morgan fingerprint density at radius 2 is 0.823 bits per heavy atom. The average molecular weight is 791 g/mol. The maximum absolute atomic E-state index is 2.46. The zero-order chi connectivity index (χ0) is 41.0. The molecule has 1 aliphatic rings. The number of rotatable bonds is 5. The molecular formula is C60H42N2. The van der Waals surface area contributed by atoms with Crippen LogP contribution in [0.25, 0.3) is 71.6 Å². The van der Waals surface area contributed by atoms with E-state index >= 15 is 0 Å². The first-order valence-corrected chi connectivity index (χ1v) is 21.6. The number of benzene rings is 10. The Hall–Kier alpha value is -7.94. The highest BCUT2D eigenvalue weighted by molar-refractivity contribution is 6.12. The lowest BCUT2D eigenvalue weighted by molar-refractivity contribution is 1.15. The fourth-order valence-corrected chi connectivity index (χ4v) is 10.1. The van der Waals surface area contributed by atoms with E-state index < -0.39 is 0 Å². The molecule has 0 saturated carbocycles. The van der Waals surface area contributed by atoms with Crippen LogP contribution in [-0.4, -0.2) is 4.57 Å². The zero-order valence-electron chi connectivity index (χ0n) is 34.2. The van der Waals surface area contributed by atoms with Crippen molar-refractivity contribution >= 4 is 49.6 Å².